The lowest BCUT2D eigenvalue weighted by Gasteiger charge is -2.50. The van der Waals surface area contributed by atoms with Crippen molar-refractivity contribution in [2.24, 2.45) is 17.6 Å². The van der Waals surface area contributed by atoms with Crippen LogP contribution in [0.3, 0.4) is 0 Å². The number of hydrogen-bond acceptors (Lipinski definition) is 8. The van der Waals surface area contributed by atoms with Crippen LogP contribution in [0.4, 0.5) is 0 Å². The maximum absolute atomic E-state index is 13.8. The average Bonchev–Trinajstić information content (AvgIpc) is 2.80. The predicted octanol–water partition coefficient (Wildman–Crippen LogP) is 1.68. The van der Waals surface area contributed by atoms with E-state index in [0.717, 1.165) is 17.4 Å². The predicted molar refractivity (Wildman–Crippen MR) is 131 cm³/mol. The van der Waals surface area contributed by atoms with Gasteiger partial charge in [-0.3, -0.25) is 19.3 Å². The van der Waals surface area contributed by atoms with Crippen LogP contribution in [0.5, 0.6) is 5.75 Å². The summed E-state index contributed by atoms with van der Waals surface area (Å²) in [5.74, 6) is -6.45. The Morgan fingerprint density at radius 2 is 1.86 bits per heavy atom. The molecule has 1 amide bonds. The normalized spacial score (nSPS) is 27.9. The molecule has 2 aromatic rings. The van der Waals surface area contributed by atoms with Gasteiger partial charge in [0, 0.05) is 16.9 Å². The number of primary amides is 1. The highest BCUT2D eigenvalue weighted by molar-refractivity contribution is 6.24. The fraction of sp³-hybridized carbons (Fsp3) is 0.370. The van der Waals surface area contributed by atoms with Gasteiger partial charge in [0.25, 0.3) is 5.91 Å². The van der Waals surface area contributed by atoms with Gasteiger partial charge in [-0.25, -0.2) is 0 Å². The number of benzene rings is 2. The van der Waals surface area contributed by atoms with E-state index >= 15 is 0 Å². The van der Waals surface area contributed by atoms with Crippen molar-refractivity contribution in [1.82, 2.24) is 4.90 Å². The zero-order valence-electron chi connectivity index (χ0n) is 20.2. The molecule has 5 rings (SSSR count). The summed E-state index contributed by atoms with van der Waals surface area (Å²) in [6.07, 6.45) is 1.08. The highest BCUT2D eigenvalue weighted by Gasteiger charge is 2.64. The smallest absolute Gasteiger partial charge is 0.255 e. The van der Waals surface area contributed by atoms with E-state index in [9.17, 15) is 34.8 Å². The van der Waals surface area contributed by atoms with E-state index in [1.807, 2.05) is 31.2 Å². The lowest BCUT2D eigenvalue weighted by Crippen LogP contribution is -2.65. The van der Waals surface area contributed by atoms with E-state index in [0.29, 0.717) is 10.9 Å². The number of fused-ring (bicyclic) bond motifs is 4. The van der Waals surface area contributed by atoms with Crippen molar-refractivity contribution in [1.29, 1.82) is 0 Å². The second kappa shape index (κ2) is 7.91. The van der Waals surface area contributed by atoms with Gasteiger partial charge in [-0.05, 0) is 61.9 Å². The monoisotopic (exact) mass is 492 g/mol. The molecule has 4 atom stereocenters. The Hall–Kier alpha value is -3.69. The fourth-order valence-electron chi connectivity index (χ4n) is 6.28. The van der Waals surface area contributed by atoms with E-state index < -0.39 is 58.0 Å². The summed E-state index contributed by atoms with van der Waals surface area (Å²) in [6, 6.07) is 6.44. The summed E-state index contributed by atoms with van der Waals surface area (Å²) >= 11 is 0. The first-order valence-electron chi connectivity index (χ1n) is 11.9. The molecule has 36 heavy (non-hydrogen) atoms. The molecule has 9 nitrogen and oxygen atoms in total. The lowest BCUT2D eigenvalue weighted by atomic mass is 9.57. The van der Waals surface area contributed by atoms with Crippen LogP contribution in [-0.4, -0.2) is 68.5 Å². The van der Waals surface area contributed by atoms with Crippen molar-refractivity contribution in [2.45, 2.75) is 37.8 Å². The maximum atomic E-state index is 13.8. The molecule has 3 aliphatic carbocycles. The zero-order valence-corrected chi connectivity index (χ0v) is 20.2. The number of hydrogen-bond donors (Lipinski definition) is 5. The van der Waals surface area contributed by atoms with E-state index in [1.165, 1.54) is 4.90 Å². The molecular formula is C27H28N2O7. The Kier molecular flexibility index (Phi) is 5.28. The van der Waals surface area contributed by atoms with Gasteiger partial charge in [0.05, 0.1) is 11.6 Å². The summed E-state index contributed by atoms with van der Waals surface area (Å²) in [6.45, 7) is 1.98. The molecule has 1 fully saturated rings. The molecule has 0 bridgehead atoms. The second-order valence-electron chi connectivity index (χ2n) is 10.1. The van der Waals surface area contributed by atoms with Crippen LogP contribution in [-0.2, 0) is 27.2 Å². The summed E-state index contributed by atoms with van der Waals surface area (Å²) in [5.41, 5.74) is 3.46. The molecule has 188 valence electrons. The van der Waals surface area contributed by atoms with Crippen molar-refractivity contribution >= 4 is 34.0 Å². The Morgan fingerprint density at radius 3 is 2.47 bits per heavy atom. The Bertz CT molecular complexity index is 1440. The van der Waals surface area contributed by atoms with Gasteiger partial charge in [0.2, 0.25) is 5.78 Å². The number of rotatable bonds is 3. The Labute approximate surface area is 207 Å². The number of ketones is 2. The molecule has 9 heteroatoms. The lowest BCUT2D eigenvalue weighted by molar-refractivity contribution is -0.153. The van der Waals surface area contributed by atoms with Crippen molar-refractivity contribution in [2.75, 3.05) is 14.1 Å². The first-order chi connectivity index (χ1) is 16.9. The summed E-state index contributed by atoms with van der Waals surface area (Å²) in [7, 11) is 3.14. The number of carbonyl (C=O) groups is 3. The van der Waals surface area contributed by atoms with Gasteiger partial charge < -0.3 is 26.2 Å². The first kappa shape index (κ1) is 24.0. The molecular weight excluding hydrogens is 464 g/mol. The average molecular weight is 493 g/mol. The molecule has 0 aromatic heterocycles. The van der Waals surface area contributed by atoms with Gasteiger partial charge in [0.1, 0.15) is 22.8 Å². The summed E-state index contributed by atoms with van der Waals surface area (Å²) in [4.78, 5) is 40.5. The van der Waals surface area contributed by atoms with E-state index in [2.05, 4.69) is 0 Å². The number of Topliss-reactive ketones (excluding diaryl/α,β-unsaturated/α-hetero) is 2. The van der Waals surface area contributed by atoms with E-state index in [4.69, 9.17) is 5.73 Å². The standard InChI is InChI=1S/C27H28N2O7/c1-4-11-5-6-12-8-13-9-14-10-16-20(29(2)3)23(32)19(26(28)35)25(34)27(16,36)24(33)18(14)22(31)17(13)21(30)15(12)7-11/h5-8,14,16,20,30-31,34,36H,4,9-10H2,1-3H3,(H2,28,35)/t14-,16-,20-,27-/m0/s1. The van der Waals surface area contributed by atoms with Gasteiger partial charge in [-0.1, -0.05) is 25.1 Å². The summed E-state index contributed by atoms with van der Waals surface area (Å²) < 4.78 is 0. The van der Waals surface area contributed by atoms with Gasteiger partial charge in [0.15, 0.2) is 11.4 Å². The highest BCUT2D eigenvalue weighted by atomic mass is 16.3. The third kappa shape index (κ3) is 2.99. The van der Waals surface area contributed by atoms with E-state index in [-0.39, 0.29) is 29.7 Å². The molecule has 0 heterocycles. The number of aryl methyl sites for hydroxylation is 1. The minimum atomic E-state index is -2.63. The Balaban J connectivity index is 1.75. The zero-order chi connectivity index (χ0) is 26.3. The molecule has 0 saturated heterocycles. The first-order valence-corrected chi connectivity index (χ1v) is 11.9. The number of carbonyl (C=O) groups excluding carboxylic acids is 3. The molecule has 0 radical (unpaired) electrons. The van der Waals surface area contributed by atoms with E-state index in [1.54, 1.807) is 14.1 Å². The second-order valence-corrected chi connectivity index (χ2v) is 10.1. The minimum absolute atomic E-state index is 0.0688. The third-order valence-corrected chi connectivity index (χ3v) is 8.00. The van der Waals surface area contributed by atoms with Crippen molar-refractivity contribution in [3.63, 3.8) is 0 Å². The third-order valence-electron chi connectivity index (χ3n) is 8.00. The number of aromatic hydroxyl groups is 1. The quantitative estimate of drug-likeness (QED) is 0.404. The van der Waals surface area contributed by atoms with Crippen LogP contribution in [0, 0.1) is 11.8 Å². The SMILES string of the molecule is CCc1ccc2cc3c(c(O)c2c1)C(O)=C1C(=O)[C@]2(O)C(O)=C(C(N)=O)C(=O)[C@@H](N(C)C)[C@@H]2C[C@@H]1C3. The topological polar surface area (TPSA) is 161 Å². The number of phenols is 1. The number of amides is 1. The van der Waals surface area contributed by atoms with Gasteiger partial charge in [-0.2, -0.15) is 0 Å². The Morgan fingerprint density at radius 1 is 1.17 bits per heavy atom. The number of aliphatic hydroxyl groups is 3. The molecule has 0 spiro atoms. The molecule has 2 aromatic carbocycles. The number of phenolic OH excluding ortho intramolecular Hbond substituents is 1. The largest absolute Gasteiger partial charge is 0.508 e. The van der Waals surface area contributed by atoms with Crippen LogP contribution in [0.25, 0.3) is 16.5 Å². The molecule has 3 aliphatic rings. The summed E-state index contributed by atoms with van der Waals surface area (Å²) in [5, 5.41) is 46.3. The molecule has 0 unspecified atom stereocenters. The van der Waals surface area contributed by atoms with Crippen molar-refractivity contribution in [3.05, 3.63) is 57.9 Å². The van der Waals surface area contributed by atoms with Crippen molar-refractivity contribution in [3.8, 4) is 5.75 Å². The van der Waals surface area contributed by atoms with Crippen LogP contribution in [0.2, 0.25) is 0 Å². The number of likely N-dealkylation sites (N-methyl/N-ethyl adjacent to an activating group) is 1. The molecule has 0 aliphatic heterocycles. The highest BCUT2D eigenvalue weighted by Crippen LogP contribution is 2.53. The van der Waals surface area contributed by atoms with Gasteiger partial charge >= 0.3 is 0 Å². The minimum Gasteiger partial charge on any atom is -0.508 e. The van der Waals surface area contributed by atoms with Crippen LogP contribution >= 0.6 is 0 Å². The molecule has 1 saturated carbocycles. The molecule has 6 N–H and O–H groups in total. The fourth-order valence-corrected chi connectivity index (χ4v) is 6.28. The van der Waals surface area contributed by atoms with Crippen LogP contribution < -0.4 is 5.73 Å². The maximum Gasteiger partial charge on any atom is 0.255 e. The van der Waals surface area contributed by atoms with Crippen LogP contribution in [0.1, 0.15) is 30.0 Å². The number of nitrogens with two attached hydrogens (primary N) is 1. The number of aliphatic hydroxyl groups excluding tert-OH is 2. The van der Waals surface area contributed by atoms with Crippen LogP contribution in [0.15, 0.2) is 41.2 Å². The van der Waals surface area contributed by atoms with Gasteiger partial charge in [-0.15, -0.1) is 0 Å². The number of nitrogens with zero attached hydrogens (tertiary/aromatic N) is 1. The van der Waals surface area contributed by atoms with Crippen molar-refractivity contribution < 1.29 is 34.8 Å².